The average Bonchev–Trinajstić information content (AvgIpc) is 3.06. The molecule has 0 bridgehead atoms. The number of hydrogen-bond acceptors (Lipinski definition) is 3. The quantitative estimate of drug-likeness (QED) is 0.195. The minimum absolute atomic E-state index is 0.127. The second-order valence-corrected chi connectivity index (χ2v) is 16.2. The summed E-state index contributed by atoms with van der Waals surface area (Å²) in [6, 6.07) is 32.5. The molecule has 0 radical (unpaired) electrons. The van der Waals surface area contributed by atoms with Crippen LogP contribution in [0.2, 0.25) is 0 Å². The first-order valence-electron chi connectivity index (χ1n) is 18.2. The smallest absolute Gasteiger partial charge is 0.115 e. The number of aromatic hydroxyl groups is 3. The Kier molecular flexibility index (Phi) is 11.0. The molecule has 0 saturated heterocycles. The van der Waals surface area contributed by atoms with Crippen LogP contribution in [0, 0.1) is 30.6 Å². The zero-order chi connectivity index (χ0) is 34.6. The number of benzene rings is 4. The van der Waals surface area contributed by atoms with Crippen LogP contribution in [0.15, 0.2) is 97.1 Å². The van der Waals surface area contributed by atoms with Gasteiger partial charge in [0.2, 0.25) is 0 Å². The molecule has 0 aliphatic heterocycles. The van der Waals surface area contributed by atoms with Crippen LogP contribution < -0.4 is 0 Å². The van der Waals surface area contributed by atoms with Gasteiger partial charge in [-0.15, -0.1) is 0 Å². The molecular formula is C45H58O3. The predicted molar refractivity (Wildman–Crippen MR) is 200 cm³/mol. The van der Waals surface area contributed by atoms with Gasteiger partial charge in [0.05, 0.1) is 0 Å². The molecule has 0 aromatic heterocycles. The van der Waals surface area contributed by atoms with Crippen LogP contribution in [-0.2, 0) is 10.8 Å². The van der Waals surface area contributed by atoms with E-state index in [0.717, 1.165) is 12.3 Å². The Balaban J connectivity index is 0.000000188. The number of aryl methyl sites for hydroxylation is 1. The second-order valence-electron chi connectivity index (χ2n) is 16.2. The van der Waals surface area contributed by atoms with Gasteiger partial charge in [-0.2, -0.15) is 0 Å². The largest absolute Gasteiger partial charge is 0.508 e. The third-order valence-corrected chi connectivity index (χ3v) is 12.3. The van der Waals surface area contributed by atoms with Gasteiger partial charge >= 0.3 is 0 Å². The maximum Gasteiger partial charge on any atom is 0.115 e. The summed E-state index contributed by atoms with van der Waals surface area (Å²) in [5, 5.41) is 28.8. The average molecular weight is 647 g/mol. The Hall–Kier alpha value is -3.72. The molecule has 48 heavy (non-hydrogen) atoms. The number of rotatable bonds is 6. The fourth-order valence-corrected chi connectivity index (χ4v) is 8.82. The van der Waals surface area contributed by atoms with Crippen LogP contribution >= 0.6 is 0 Å². The molecule has 3 N–H and O–H groups in total. The number of phenols is 3. The van der Waals surface area contributed by atoms with Gasteiger partial charge in [-0.25, -0.2) is 0 Å². The zero-order valence-electron chi connectivity index (χ0n) is 30.3. The van der Waals surface area contributed by atoms with Gasteiger partial charge in [0.25, 0.3) is 0 Å². The van der Waals surface area contributed by atoms with Crippen LogP contribution in [0.4, 0.5) is 0 Å². The van der Waals surface area contributed by atoms with Gasteiger partial charge in [-0.05, 0) is 150 Å². The highest BCUT2D eigenvalue weighted by atomic mass is 16.3. The highest BCUT2D eigenvalue weighted by Crippen LogP contribution is 2.51. The van der Waals surface area contributed by atoms with Crippen molar-refractivity contribution in [3.8, 4) is 17.2 Å². The van der Waals surface area contributed by atoms with Gasteiger partial charge in [-0.3, -0.25) is 0 Å². The molecule has 0 amide bonds. The molecule has 6 atom stereocenters. The summed E-state index contributed by atoms with van der Waals surface area (Å²) in [4.78, 5) is 0. The highest BCUT2D eigenvalue weighted by molar-refractivity contribution is 5.35. The van der Waals surface area contributed by atoms with Crippen molar-refractivity contribution in [2.45, 2.75) is 110 Å². The monoisotopic (exact) mass is 646 g/mol. The molecule has 3 heteroatoms. The van der Waals surface area contributed by atoms with Crippen molar-refractivity contribution in [2.24, 2.45) is 23.7 Å². The predicted octanol–water partition coefficient (Wildman–Crippen LogP) is 11.8. The van der Waals surface area contributed by atoms with Crippen molar-refractivity contribution < 1.29 is 15.3 Å². The molecule has 0 heterocycles. The topological polar surface area (TPSA) is 60.7 Å². The highest BCUT2D eigenvalue weighted by Gasteiger charge is 2.41. The van der Waals surface area contributed by atoms with E-state index >= 15 is 0 Å². The van der Waals surface area contributed by atoms with E-state index in [1.807, 2.05) is 12.1 Å². The van der Waals surface area contributed by atoms with E-state index in [9.17, 15) is 15.3 Å². The van der Waals surface area contributed by atoms with Gasteiger partial charge in [0.1, 0.15) is 17.2 Å². The normalized spacial score (nSPS) is 26.0. The van der Waals surface area contributed by atoms with E-state index in [0.29, 0.717) is 46.8 Å². The van der Waals surface area contributed by atoms with Crippen molar-refractivity contribution >= 4 is 0 Å². The third kappa shape index (κ3) is 8.11. The summed E-state index contributed by atoms with van der Waals surface area (Å²) in [5.74, 6) is 4.89. The lowest BCUT2D eigenvalue weighted by Crippen LogP contribution is -2.35. The maximum absolute atomic E-state index is 9.61. The second kappa shape index (κ2) is 14.8. The Bertz CT molecular complexity index is 1580. The molecule has 3 nitrogen and oxygen atoms in total. The van der Waals surface area contributed by atoms with E-state index in [1.165, 1.54) is 59.9 Å². The van der Waals surface area contributed by atoms with E-state index in [2.05, 4.69) is 109 Å². The van der Waals surface area contributed by atoms with Crippen LogP contribution in [0.3, 0.4) is 0 Å². The first-order chi connectivity index (χ1) is 22.8. The molecule has 4 aromatic carbocycles. The summed E-state index contributed by atoms with van der Waals surface area (Å²) in [6.07, 6.45) is 7.32. The molecule has 4 aromatic rings. The summed E-state index contributed by atoms with van der Waals surface area (Å²) >= 11 is 0. The van der Waals surface area contributed by atoms with Crippen LogP contribution in [0.25, 0.3) is 0 Å². The minimum atomic E-state index is 0.127. The van der Waals surface area contributed by atoms with E-state index in [4.69, 9.17) is 0 Å². The molecule has 256 valence electrons. The van der Waals surface area contributed by atoms with E-state index in [1.54, 1.807) is 24.3 Å². The molecule has 2 aliphatic carbocycles. The zero-order valence-corrected chi connectivity index (χ0v) is 30.3. The summed E-state index contributed by atoms with van der Waals surface area (Å²) < 4.78 is 0. The Morgan fingerprint density at radius 1 is 0.667 bits per heavy atom. The van der Waals surface area contributed by atoms with Gasteiger partial charge in [0, 0.05) is 0 Å². The molecule has 2 fully saturated rings. The lowest BCUT2D eigenvalue weighted by Gasteiger charge is -2.45. The maximum atomic E-state index is 9.61. The molecular weight excluding hydrogens is 588 g/mol. The first kappa shape index (κ1) is 35.6. The van der Waals surface area contributed by atoms with E-state index in [-0.39, 0.29) is 10.8 Å². The Morgan fingerprint density at radius 3 is 1.73 bits per heavy atom. The fourth-order valence-electron chi connectivity index (χ4n) is 8.82. The molecule has 6 unspecified atom stereocenters. The standard InChI is InChI=1S/C23H30O.C22H28O2/c1-16-5-8-18(9-6-16)22-15-20(10-7-17(22)2)23(3,4)19-11-13-21(24)14-12-19;1-15(2)20-12-13-22(3,17-6-10-19(24)11-7-17)14-21(20)16-4-8-18(23)9-5-16/h5-6,8-9,11-14,17,20,22,24H,7,10,15H2,1-4H3;4-11,15,20-21,23-24H,12-14H2,1-3H3. The number of phenolic OH excluding ortho intramolecular Hbond substituents is 3. The van der Waals surface area contributed by atoms with Crippen molar-refractivity contribution in [1.82, 2.24) is 0 Å². The first-order valence-corrected chi connectivity index (χ1v) is 18.2. The van der Waals surface area contributed by atoms with Crippen molar-refractivity contribution in [2.75, 3.05) is 0 Å². The van der Waals surface area contributed by atoms with Crippen LogP contribution in [0.5, 0.6) is 17.2 Å². The molecule has 2 aliphatic rings. The van der Waals surface area contributed by atoms with Crippen LogP contribution in [-0.4, -0.2) is 15.3 Å². The summed E-state index contributed by atoms with van der Waals surface area (Å²) in [7, 11) is 0. The summed E-state index contributed by atoms with van der Waals surface area (Å²) in [6.45, 7) is 16.3. The lowest BCUT2D eigenvalue weighted by molar-refractivity contribution is 0.170. The molecule has 0 spiro atoms. The van der Waals surface area contributed by atoms with Crippen LogP contribution in [0.1, 0.15) is 120 Å². The SMILES string of the molecule is CC(C)C1CCC(C)(c2ccc(O)cc2)CC1c1ccc(O)cc1.Cc1ccc(C2CC(C(C)(C)c3ccc(O)cc3)CCC2C)cc1. The number of hydrogen-bond donors (Lipinski definition) is 3. The van der Waals surface area contributed by atoms with Gasteiger partial charge in [0.15, 0.2) is 0 Å². The van der Waals surface area contributed by atoms with Crippen molar-refractivity contribution in [1.29, 1.82) is 0 Å². The summed E-state index contributed by atoms with van der Waals surface area (Å²) in [5.41, 5.74) is 7.07. The van der Waals surface area contributed by atoms with Crippen molar-refractivity contribution in [3.05, 3.63) is 125 Å². The van der Waals surface area contributed by atoms with Gasteiger partial charge < -0.3 is 15.3 Å². The van der Waals surface area contributed by atoms with Gasteiger partial charge in [-0.1, -0.05) is 108 Å². The molecule has 6 rings (SSSR count). The van der Waals surface area contributed by atoms with E-state index < -0.39 is 0 Å². The fraction of sp³-hybridized carbons (Fsp3) is 0.467. The van der Waals surface area contributed by atoms with Crippen molar-refractivity contribution in [3.63, 3.8) is 0 Å². The lowest BCUT2D eigenvalue weighted by atomic mass is 9.59. The Morgan fingerprint density at radius 2 is 1.17 bits per heavy atom. The third-order valence-electron chi connectivity index (χ3n) is 12.3. The Labute approximate surface area is 290 Å². The molecule has 2 saturated carbocycles. The minimum Gasteiger partial charge on any atom is -0.508 e.